The second-order valence-corrected chi connectivity index (χ2v) is 8.75. The Balaban J connectivity index is 1.84. The summed E-state index contributed by atoms with van der Waals surface area (Å²) in [6.45, 7) is 7.56. The molecule has 1 aliphatic rings. The van der Waals surface area contributed by atoms with Gasteiger partial charge in [0.15, 0.2) is 0 Å². The van der Waals surface area contributed by atoms with E-state index in [2.05, 4.69) is 5.32 Å². The van der Waals surface area contributed by atoms with Crippen LogP contribution < -0.4 is 5.32 Å². The third kappa shape index (κ3) is 5.52. The fourth-order valence-electron chi connectivity index (χ4n) is 3.22. The first-order valence-electron chi connectivity index (χ1n) is 9.68. The highest BCUT2D eigenvalue weighted by Crippen LogP contribution is 2.13. The molecule has 156 valence electrons. The molecule has 2 rings (SSSR count). The standard InChI is InChI=1S/C19H30N4O4S/c1-4-22(5-2)28(26,27)23-13-11-21(12-14-23)18(24)15-16(3)20-19(25)17-9-7-6-8-10-17/h6-10,16H,4-5,11-15H2,1-3H3,(H,20,25). The van der Waals surface area contributed by atoms with E-state index in [0.29, 0.717) is 31.7 Å². The first-order valence-corrected chi connectivity index (χ1v) is 11.1. The Morgan fingerprint density at radius 3 is 2.18 bits per heavy atom. The van der Waals surface area contributed by atoms with Crippen molar-refractivity contribution >= 4 is 22.0 Å². The third-order valence-electron chi connectivity index (χ3n) is 4.84. The number of hydrogen-bond acceptors (Lipinski definition) is 4. The highest BCUT2D eigenvalue weighted by Gasteiger charge is 2.32. The lowest BCUT2D eigenvalue weighted by atomic mass is 10.1. The molecule has 1 unspecified atom stereocenters. The molecule has 1 heterocycles. The van der Waals surface area contributed by atoms with Crippen LogP contribution in [0, 0.1) is 0 Å². The van der Waals surface area contributed by atoms with Gasteiger partial charge in [0.2, 0.25) is 5.91 Å². The van der Waals surface area contributed by atoms with Crippen LogP contribution in [0.2, 0.25) is 0 Å². The molecule has 1 aromatic carbocycles. The SMILES string of the molecule is CCN(CC)S(=O)(=O)N1CCN(C(=O)CC(C)NC(=O)c2ccccc2)CC1. The lowest BCUT2D eigenvalue weighted by molar-refractivity contribution is -0.132. The maximum atomic E-state index is 12.6. The van der Waals surface area contributed by atoms with E-state index in [0.717, 1.165) is 0 Å². The van der Waals surface area contributed by atoms with Gasteiger partial charge < -0.3 is 10.2 Å². The Morgan fingerprint density at radius 2 is 1.64 bits per heavy atom. The van der Waals surface area contributed by atoms with Crippen LogP contribution in [0.15, 0.2) is 30.3 Å². The van der Waals surface area contributed by atoms with E-state index in [-0.39, 0.29) is 37.4 Å². The molecule has 28 heavy (non-hydrogen) atoms. The summed E-state index contributed by atoms with van der Waals surface area (Å²) in [5.41, 5.74) is 0.553. The third-order valence-corrected chi connectivity index (χ3v) is 7.03. The zero-order chi connectivity index (χ0) is 20.7. The maximum absolute atomic E-state index is 12.6. The molecule has 0 spiro atoms. The molecule has 1 fully saturated rings. The monoisotopic (exact) mass is 410 g/mol. The summed E-state index contributed by atoms with van der Waals surface area (Å²) < 4.78 is 28.0. The smallest absolute Gasteiger partial charge is 0.282 e. The van der Waals surface area contributed by atoms with E-state index < -0.39 is 10.2 Å². The van der Waals surface area contributed by atoms with Crippen molar-refractivity contribution in [3.05, 3.63) is 35.9 Å². The van der Waals surface area contributed by atoms with Gasteiger partial charge in [-0.2, -0.15) is 17.0 Å². The number of carbonyl (C=O) groups excluding carboxylic acids is 2. The van der Waals surface area contributed by atoms with Crippen LogP contribution in [0.1, 0.15) is 37.6 Å². The first kappa shape index (κ1) is 22.3. The Hall–Kier alpha value is -1.97. The molecule has 1 N–H and O–H groups in total. The summed E-state index contributed by atoms with van der Waals surface area (Å²) in [7, 11) is -3.47. The lowest BCUT2D eigenvalue weighted by Crippen LogP contribution is -2.54. The minimum atomic E-state index is -3.47. The number of piperazine rings is 1. The van der Waals surface area contributed by atoms with Crippen molar-refractivity contribution in [3.63, 3.8) is 0 Å². The molecule has 1 aromatic rings. The lowest BCUT2D eigenvalue weighted by Gasteiger charge is -2.36. The van der Waals surface area contributed by atoms with Crippen LogP contribution in [-0.2, 0) is 15.0 Å². The predicted molar refractivity (Wildman–Crippen MR) is 108 cm³/mol. The molecule has 1 aliphatic heterocycles. The second-order valence-electron chi connectivity index (χ2n) is 6.82. The van der Waals surface area contributed by atoms with Gasteiger partial charge in [-0.15, -0.1) is 0 Å². The Morgan fingerprint density at radius 1 is 1.07 bits per heavy atom. The van der Waals surface area contributed by atoms with E-state index in [1.54, 1.807) is 36.1 Å². The summed E-state index contributed by atoms with van der Waals surface area (Å²) in [6.07, 6.45) is 0.182. The minimum Gasteiger partial charge on any atom is -0.349 e. The van der Waals surface area contributed by atoms with E-state index in [1.807, 2.05) is 19.9 Å². The molecular formula is C19H30N4O4S. The van der Waals surface area contributed by atoms with Crippen molar-refractivity contribution < 1.29 is 18.0 Å². The molecule has 0 radical (unpaired) electrons. The largest absolute Gasteiger partial charge is 0.349 e. The number of nitrogens with one attached hydrogen (secondary N) is 1. The van der Waals surface area contributed by atoms with Gasteiger partial charge in [-0.25, -0.2) is 0 Å². The maximum Gasteiger partial charge on any atom is 0.282 e. The zero-order valence-corrected chi connectivity index (χ0v) is 17.6. The molecule has 0 bridgehead atoms. The van der Waals surface area contributed by atoms with Crippen LogP contribution in [0.4, 0.5) is 0 Å². The van der Waals surface area contributed by atoms with Crippen molar-refractivity contribution in [1.29, 1.82) is 0 Å². The molecule has 9 heteroatoms. The molecule has 8 nitrogen and oxygen atoms in total. The average Bonchev–Trinajstić information content (AvgIpc) is 2.69. The summed E-state index contributed by atoms with van der Waals surface area (Å²) in [6, 6.07) is 8.55. The van der Waals surface area contributed by atoms with Gasteiger partial charge in [0.1, 0.15) is 0 Å². The second kappa shape index (κ2) is 9.99. The van der Waals surface area contributed by atoms with Gasteiger partial charge in [0.05, 0.1) is 0 Å². The fourth-order valence-corrected chi connectivity index (χ4v) is 4.82. The number of benzene rings is 1. The first-order chi connectivity index (χ1) is 13.3. The molecule has 0 saturated carbocycles. The van der Waals surface area contributed by atoms with Crippen molar-refractivity contribution in [2.24, 2.45) is 0 Å². The quantitative estimate of drug-likeness (QED) is 0.690. The Labute approximate surface area is 167 Å². The van der Waals surface area contributed by atoms with E-state index in [1.165, 1.54) is 8.61 Å². The number of carbonyl (C=O) groups is 2. The number of hydrogen-bond donors (Lipinski definition) is 1. The van der Waals surface area contributed by atoms with Crippen molar-refractivity contribution in [3.8, 4) is 0 Å². The summed E-state index contributed by atoms with van der Waals surface area (Å²) >= 11 is 0. The van der Waals surface area contributed by atoms with Crippen molar-refractivity contribution in [2.45, 2.75) is 33.2 Å². The highest BCUT2D eigenvalue weighted by molar-refractivity contribution is 7.86. The molecule has 0 aromatic heterocycles. The Kier molecular flexibility index (Phi) is 7.97. The van der Waals surface area contributed by atoms with Crippen LogP contribution >= 0.6 is 0 Å². The normalized spacial score (nSPS) is 16.8. The van der Waals surface area contributed by atoms with Crippen LogP contribution in [0.5, 0.6) is 0 Å². The van der Waals surface area contributed by atoms with Crippen LogP contribution in [0.3, 0.4) is 0 Å². The molecule has 2 amide bonds. The topological polar surface area (TPSA) is 90.0 Å². The summed E-state index contributed by atoms with van der Waals surface area (Å²) in [5.74, 6) is -0.295. The Bertz CT molecular complexity index is 757. The van der Waals surface area contributed by atoms with Gasteiger partial charge >= 0.3 is 0 Å². The number of amides is 2. The van der Waals surface area contributed by atoms with Gasteiger partial charge in [-0.05, 0) is 19.1 Å². The molecule has 1 atom stereocenters. The fraction of sp³-hybridized carbons (Fsp3) is 0.579. The van der Waals surface area contributed by atoms with E-state index in [9.17, 15) is 18.0 Å². The molecular weight excluding hydrogens is 380 g/mol. The van der Waals surface area contributed by atoms with E-state index >= 15 is 0 Å². The molecule has 0 aliphatic carbocycles. The zero-order valence-electron chi connectivity index (χ0n) is 16.8. The van der Waals surface area contributed by atoms with Gasteiger partial charge in [0, 0.05) is 57.3 Å². The number of rotatable bonds is 8. The van der Waals surface area contributed by atoms with Crippen molar-refractivity contribution in [2.75, 3.05) is 39.3 Å². The number of nitrogens with zero attached hydrogens (tertiary/aromatic N) is 3. The predicted octanol–water partition coefficient (Wildman–Crippen LogP) is 0.926. The van der Waals surface area contributed by atoms with Gasteiger partial charge in [0.25, 0.3) is 16.1 Å². The van der Waals surface area contributed by atoms with Crippen molar-refractivity contribution in [1.82, 2.24) is 18.8 Å². The minimum absolute atomic E-state index is 0.0826. The summed E-state index contributed by atoms with van der Waals surface area (Å²) in [5, 5.41) is 2.83. The van der Waals surface area contributed by atoms with Crippen LogP contribution in [0.25, 0.3) is 0 Å². The van der Waals surface area contributed by atoms with Gasteiger partial charge in [-0.1, -0.05) is 32.0 Å². The van der Waals surface area contributed by atoms with E-state index in [4.69, 9.17) is 0 Å². The highest BCUT2D eigenvalue weighted by atomic mass is 32.2. The van der Waals surface area contributed by atoms with Gasteiger partial charge in [-0.3, -0.25) is 9.59 Å². The molecule has 1 saturated heterocycles. The van der Waals surface area contributed by atoms with Crippen LogP contribution in [-0.4, -0.2) is 79.1 Å². The summed E-state index contributed by atoms with van der Waals surface area (Å²) in [4.78, 5) is 26.4. The average molecular weight is 411 g/mol.